The van der Waals surface area contributed by atoms with Crippen molar-refractivity contribution in [2.45, 2.75) is 19.8 Å². The lowest BCUT2D eigenvalue weighted by molar-refractivity contribution is 0.481. The van der Waals surface area contributed by atoms with E-state index >= 15 is 0 Å². The summed E-state index contributed by atoms with van der Waals surface area (Å²) in [5, 5.41) is 10.2. The van der Waals surface area contributed by atoms with Crippen LogP contribution in [0.3, 0.4) is 0 Å². The number of H-pyrrole nitrogens is 1. The predicted molar refractivity (Wildman–Crippen MR) is 112 cm³/mol. The monoisotopic (exact) mass is 429 g/mol. The van der Waals surface area contributed by atoms with Gasteiger partial charge in [-0.25, -0.2) is 8.42 Å². The molecule has 0 saturated heterocycles. The van der Waals surface area contributed by atoms with Gasteiger partial charge in [-0.15, -0.1) is 23.1 Å². The molecule has 142 valence electrons. The number of fused-ring (bicyclic) bond motifs is 1. The summed E-state index contributed by atoms with van der Waals surface area (Å²) >= 11 is 2.53. The number of pyridine rings is 1. The van der Waals surface area contributed by atoms with Crippen molar-refractivity contribution in [2.24, 2.45) is 0 Å². The van der Waals surface area contributed by atoms with Crippen molar-refractivity contribution < 1.29 is 13.5 Å². The first kappa shape index (κ1) is 18.8. The molecular weight excluding hydrogens is 414 g/mol. The number of thiophene rings is 1. The molecule has 4 aromatic rings. The Morgan fingerprint density at radius 3 is 2.32 bits per heavy atom. The Balaban J connectivity index is 1.91. The second-order valence-electron chi connectivity index (χ2n) is 6.03. The van der Waals surface area contributed by atoms with E-state index in [9.17, 15) is 18.3 Å². The van der Waals surface area contributed by atoms with Crippen LogP contribution >= 0.6 is 23.1 Å². The topological polar surface area (TPSA) is 87.2 Å². The summed E-state index contributed by atoms with van der Waals surface area (Å²) in [6, 6.07) is 18.8. The molecule has 2 N–H and O–H groups in total. The highest BCUT2D eigenvalue weighted by molar-refractivity contribution is 8.01. The third-order valence-electron chi connectivity index (χ3n) is 4.12. The summed E-state index contributed by atoms with van der Waals surface area (Å²) in [7, 11) is -3.88. The number of aromatic amines is 1. The molecule has 8 heteroatoms. The van der Waals surface area contributed by atoms with E-state index in [1.54, 1.807) is 18.2 Å². The van der Waals surface area contributed by atoms with Crippen molar-refractivity contribution in [1.82, 2.24) is 4.98 Å². The molecule has 2 heterocycles. The molecule has 2 aromatic carbocycles. The minimum atomic E-state index is -3.88. The molecule has 0 aliphatic carbocycles. The lowest BCUT2D eigenvalue weighted by Gasteiger charge is -2.07. The van der Waals surface area contributed by atoms with Gasteiger partial charge < -0.3 is 10.1 Å². The van der Waals surface area contributed by atoms with Gasteiger partial charge in [-0.2, -0.15) is 0 Å². The molecule has 0 spiro atoms. The Labute approximate surface area is 169 Å². The number of sulfone groups is 1. The van der Waals surface area contributed by atoms with Gasteiger partial charge in [0.05, 0.1) is 19.3 Å². The van der Waals surface area contributed by atoms with Gasteiger partial charge in [0, 0.05) is 11.8 Å². The Hall–Kier alpha value is -2.55. The smallest absolute Gasteiger partial charge is 0.252 e. The fourth-order valence-electron chi connectivity index (χ4n) is 2.82. The zero-order chi connectivity index (χ0) is 19.7. The van der Waals surface area contributed by atoms with E-state index in [1.807, 2.05) is 30.3 Å². The first-order valence-corrected chi connectivity index (χ1v) is 11.6. The third-order valence-corrected chi connectivity index (χ3v) is 8.77. The van der Waals surface area contributed by atoms with Crippen LogP contribution in [-0.2, 0) is 15.6 Å². The molecule has 5 nitrogen and oxygen atoms in total. The average molecular weight is 430 g/mol. The van der Waals surface area contributed by atoms with Crippen LogP contribution in [0.2, 0.25) is 0 Å². The molecule has 4 rings (SSSR count). The minimum absolute atomic E-state index is 0.0348. The summed E-state index contributed by atoms with van der Waals surface area (Å²) in [5.41, 5.74) is 0.645. The number of hydrogen-bond donors (Lipinski definition) is 2. The van der Waals surface area contributed by atoms with Crippen molar-refractivity contribution in [1.29, 1.82) is 0 Å². The summed E-state index contributed by atoms with van der Waals surface area (Å²) in [4.78, 5) is 14.7. The standard InChI is InChI=1S/C20H15NO4S3/c22-15-11-16(23)21-17-18(15)27-20(26-12-13-7-3-1-4-8-13)19(17)28(24,25)14-9-5-2-6-10-14/h1-11H,12H2,(H2,21,22,23). The molecule has 2 aromatic heterocycles. The van der Waals surface area contributed by atoms with E-state index in [-0.39, 0.29) is 21.1 Å². The Bertz CT molecular complexity index is 1290. The van der Waals surface area contributed by atoms with Gasteiger partial charge in [-0.1, -0.05) is 48.5 Å². The van der Waals surface area contributed by atoms with E-state index < -0.39 is 15.4 Å². The molecule has 0 radical (unpaired) electrons. The molecular formula is C20H15NO4S3. The van der Waals surface area contributed by atoms with Gasteiger partial charge in [-0.05, 0) is 17.7 Å². The van der Waals surface area contributed by atoms with Crippen molar-refractivity contribution >= 4 is 43.2 Å². The van der Waals surface area contributed by atoms with Crippen molar-refractivity contribution in [3.05, 3.63) is 82.6 Å². The van der Waals surface area contributed by atoms with E-state index in [1.165, 1.54) is 23.9 Å². The summed E-state index contributed by atoms with van der Waals surface area (Å²) in [6.45, 7) is 0. The maximum absolute atomic E-state index is 13.4. The zero-order valence-electron chi connectivity index (χ0n) is 14.5. The molecule has 0 fully saturated rings. The summed E-state index contributed by atoms with van der Waals surface area (Å²) < 4.78 is 27.6. The number of hydrogen-bond acceptors (Lipinski definition) is 6. The fraction of sp³-hybridized carbons (Fsp3) is 0.0500. The first-order valence-electron chi connectivity index (χ1n) is 8.32. The quantitative estimate of drug-likeness (QED) is 0.459. The first-order chi connectivity index (χ1) is 13.5. The third kappa shape index (κ3) is 3.46. The number of rotatable bonds is 5. The highest BCUT2D eigenvalue weighted by Crippen LogP contribution is 2.45. The summed E-state index contributed by atoms with van der Waals surface area (Å²) in [5.74, 6) is 0.343. The maximum atomic E-state index is 13.4. The van der Waals surface area contributed by atoms with E-state index in [0.717, 1.165) is 23.0 Å². The second-order valence-corrected chi connectivity index (χ2v) is 10.2. The number of aromatic nitrogens is 1. The van der Waals surface area contributed by atoms with Crippen molar-refractivity contribution in [2.75, 3.05) is 0 Å². The number of nitrogens with one attached hydrogen (secondary N) is 1. The van der Waals surface area contributed by atoms with Gasteiger partial charge >= 0.3 is 0 Å². The van der Waals surface area contributed by atoms with Gasteiger partial charge in [0.25, 0.3) is 5.56 Å². The van der Waals surface area contributed by atoms with Crippen LogP contribution in [0.4, 0.5) is 0 Å². The number of aromatic hydroxyl groups is 1. The highest BCUT2D eigenvalue weighted by Gasteiger charge is 2.28. The predicted octanol–water partition coefficient (Wildman–Crippen LogP) is 4.42. The van der Waals surface area contributed by atoms with E-state index in [4.69, 9.17) is 0 Å². The summed E-state index contributed by atoms with van der Waals surface area (Å²) in [6.07, 6.45) is 0. The van der Waals surface area contributed by atoms with Gasteiger partial charge in [0.1, 0.15) is 10.6 Å². The van der Waals surface area contributed by atoms with Crippen LogP contribution in [0.1, 0.15) is 5.56 Å². The average Bonchev–Trinajstić information content (AvgIpc) is 3.07. The van der Waals surface area contributed by atoms with Gasteiger partial charge in [-0.3, -0.25) is 4.79 Å². The van der Waals surface area contributed by atoms with Crippen LogP contribution in [0.5, 0.6) is 5.75 Å². The van der Waals surface area contributed by atoms with E-state index in [0.29, 0.717) is 14.7 Å². The molecule has 0 saturated carbocycles. The molecule has 0 bridgehead atoms. The SMILES string of the molecule is O=c1cc(O)c2sc(SCc3ccccc3)c(S(=O)(=O)c3ccccc3)c2[nH]1. The lowest BCUT2D eigenvalue weighted by Crippen LogP contribution is -2.07. The Morgan fingerprint density at radius 2 is 1.64 bits per heavy atom. The second kappa shape index (κ2) is 7.46. The number of thioether (sulfide) groups is 1. The molecule has 0 aliphatic heterocycles. The molecule has 0 atom stereocenters. The normalized spacial score (nSPS) is 11.7. The molecule has 28 heavy (non-hydrogen) atoms. The van der Waals surface area contributed by atoms with Crippen LogP contribution in [0.25, 0.3) is 10.2 Å². The van der Waals surface area contributed by atoms with Crippen LogP contribution < -0.4 is 5.56 Å². The molecule has 0 aliphatic rings. The van der Waals surface area contributed by atoms with Crippen molar-refractivity contribution in [3.8, 4) is 5.75 Å². The van der Waals surface area contributed by atoms with Crippen LogP contribution in [-0.4, -0.2) is 18.5 Å². The largest absolute Gasteiger partial charge is 0.506 e. The Morgan fingerprint density at radius 1 is 1.00 bits per heavy atom. The lowest BCUT2D eigenvalue weighted by atomic mass is 10.2. The van der Waals surface area contributed by atoms with Gasteiger partial charge in [0.15, 0.2) is 0 Å². The fourth-order valence-corrected chi connectivity index (χ4v) is 7.42. The van der Waals surface area contributed by atoms with Gasteiger partial charge in [0.2, 0.25) is 9.84 Å². The highest BCUT2D eigenvalue weighted by atomic mass is 32.2. The zero-order valence-corrected chi connectivity index (χ0v) is 16.9. The van der Waals surface area contributed by atoms with Crippen LogP contribution in [0, 0.1) is 0 Å². The Kier molecular flexibility index (Phi) is 5.01. The minimum Gasteiger partial charge on any atom is -0.506 e. The molecule has 0 amide bonds. The van der Waals surface area contributed by atoms with E-state index in [2.05, 4.69) is 4.98 Å². The van der Waals surface area contributed by atoms with Crippen molar-refractivity contribution in [3.63, 3.8) is 0 Å². The maximum Gasteiger partial charge on any atom is 0.252 e. The molecule has 0 unspecified atom stereocenters. The van der Waals surface area contributed by atoms with Crippen LogP contribution in [0.15, 0.2) is 85.5 Å². The number of benzene rings is 2.